The van der Waals surface area contributed by atoms with Gasteiger partial charge in [-0.1, -0.05) is 13.0 Å². The molecular formula is C13H12N2. The highest BCUT2D eigenvalue weighted by molar-refractivity contribution is 5.83. The first-order valence-electron chi connectivity index (χ1n) is 5.05. The molecule has 1 heterocycles. The highest BCUT2D eigenvalue weighted by atomic mass is 14.7. The van der Waals surface area contributed by atoms with E-state index in [0.29, 0.717) is 5.69 Å². The summed E-state index contributed by atoms with van der Waals surface area (Å²) in [6.07, 6.45) is 1.02. The smallest absolute Gasteiger partial charge is 0.141 e. The van der Waals surface area contributed by atoms with Crippen LogP contribution in [-0.4, -0.2) is 4.98 Å². The van der Waals surface area contributed by atoms with Crippen molar-refractivity contribution in [1.82, 2.24) is 4.98 Å². The minimum Gasteiger partial charge on any atom is -0.237 e. The molecule has 0 atom stereocenters. The fourth-order valence-electron chi connectivity index (χ4n) is 1.72. The summed E-state index contributed by atoms with van der Waals surface area (Å²) in [5, 5.41) is 9.96. The van der Waals surface area contributed by atoms with Crippen molar-refractivity contribution in [2.75, 3.05) is 0 Å². The Labute approximate surface area is 89.2 Å². The number of hydrogen-bond donors (Lipinski definition) is 0. The third-order valence-electron chi connectivity index (χ3n) is 2.60. The Morgan fingerprint density at radius 3 is 2.80 bits per heavy atom. The van der Waals surface area contributed by atoms with E-state index in [0.717, 1.165) is 22.9 Å². The normalized spacial score (nSPS) is 10.2. The SMILES string of the molecule is CCc1ccc2nc(C#N)cc(C)c2c1. The van der Waals surface area contributed by atoms with Crippen LogP contribution < -0.4 is 0 Å². The van der Waals surface area contributed by atoms with Gasteiger partial charge < -0.3 is 0 Å². The van der Waals surface area contributed by atoms with Crippen LogP contribution in [0.4, 0.5) is 0 Å². The molecule has 74 valence electrons. The van der Waals surface area contributed by atoms with Crippen molar-refractivity contribution < 1.29 is 0 Å². The molecule has 0 aliphatic heterocycles. The van der Waals surface area contributed by atoms with Crippen molar-refractivity contribution in [3.63, 3.8) is 0 Å². The molecule has 0 bridgehead atoms. The number of benzene rings is 1. The second kappa shape index (κ2) is 3.70. The van der Waals surface area contributed by atoms with E-state index in [-0.39, 0.29) is 0 Å². The molecule has 2 aromatic rings. The molecule has 0 aliphatic rings. The Morgan fingerprint density at radius 2 is 2.13 bits per heavy atom. The van der Waals surface area contributed by atoms with Crippen molar-refractivity contribution in [3.05, 3.63) is 41.1 Å². The zero-order chi connectivity index (χ0) is 10.8. The highest BCUT2D eigenvalue weighted by Gasteiger charge is 2.02. The molecule has 0 N–H and O–H groups in total. The zero-order valence-electron chi connectivity index (χ0n) is 8.91. The summed E-state index contributed by atoms with van der Waals surface area (Å²) in [6.45, 7) is 4.15. The maximum Gasteiger partial charge on any atom is 0.141 e. The first-order chi connectivity index (χ1) is 7.24. The van der Waals surface area contributed by atoms with Gasteiger partial charge in [0.1, 0.15) is 11.8 Å². The van der Waals surface area contributed by atoms with Crippen molar-refractivity contribution in [2.24, 2.45) is 0 Å². The number of pyridine rings is 1. The summed E-state index contributed by atoms with van der Waals surface area (Å²) in [7, 11) is 0. The lowest BCUT2D eigenvalue weighted by Crippen LogP contribution is -1.90. The van der Waals surface area contributed by atoms with Gasteiger partial charge in [0, 0.05) is 5.39 Å². The highest BCUT2D eigenvalue weighted by Crippen LogP contribution is 2.19. The summed E-state index contributed by atoms with van der Waals surface area (Å²) < 4.78 is 0. The lowest BCUT2D eigenvalue weighted by molar-refractivity contribution is 1.14. The van der Waals surface area contributed by atoms with Crippen LogP contribution in [0.25, 0.3) is 10.9 Å². The average Bonchev–Trinajstić information content (AvgIpc) is 2.28. The molecule has 1 aromatic carbocycles. The largest absolute Gasteiger partial charge is 0.237 e. The molecule has 0 saturated heterocycles. The molecule has 0 unspecified atom stereocenters. The second-order valence-electron chi connectivity index (χ2n) is 3.64. The Morgan fingerprint density at radius 1 is 1.33 bits per heavy atom. The first kappa shape index (κ1) is 9.67. The standard InChI is InChI=1S/C13H12N2/c1-3-10-4-5-13-12(7-10)9(2)6-11(8-14)15-13/h4-7H,3H2,1-2H3. The van der Waals surface area contributed by atoms with Gasteiger partial charge in [-0.15, -0.1) is 0 Å². The van der Waals surface area contributed by atoms with Gasteiger partial charge in [0.25, 0.3) is 0 Å². The number of hydrogen-bond acceptors (Lipinski definition) is 2. The molecule has 0 fully saturated rings. The predicted molar refractivity (Wildman–Crippen MR) is 60.6 cm³/mol. The van der Waals surface area contributed by atoms with Crippen LogP contribution in [-0.2, 0) is 6.42 Å². The quantitative estimate of drug-likeness (QED) is 0.703. The van der Waals surface area contributed by atoms with E-state index >= 15 is 0 Å². The topological polar surface area (TPSA) is 36.7 Å². The number of nitrogens with zero attached hydrogens (tertiary/aromatic N) is 2. The number of aromatic nitrogens is 1. The minimum absolute atomic E-state index is 0.490. The van der Waals surface area contributed by atoms with Gasteiger partial charge in [0.15, 0.2) is 0 Å². The number of nitriles is 1. The maximum atomic E-state index is 8.81. The van der Waals surface area contributed by atoms with Crippen LogP contribution in [0.3, 0.4) is 0 Å². The molecule has 2 nitrogen and oxygen atoms in total. The number of fused-ring (bicyclic) bond motifs is 1. The fraction of sp³-hybridized carbons (Fsp3) is 0.231. The van der Waals surface area contributed by atoms with Gasteiger partial charge in [-0.25, -0.2) is 4.98 Å². The third-order valence-corrected chi connectivity index (χ3v) is 2.60. The van der Waals surface area contributed by atoms with Crippen LogP contribution in [0, 0.1) is 18.3 Å². The third kappa shape index (κ3) is 1.69. The molecule has 2 rings (SSSR count). The molecule has 0 saturated carbocycles. The van der Waals surface area contributed by atoms with E-state index in [4.69, 9.17) is 5.26 Å². The summed E-state index contributed by atoms with van der Waals surface area (Å²) >= 11 is 0. The van der Waals surface area contributed by atoms with Crippen LogP contribution in [0.2, 0.25) is 0 Å². The maximum absolute atomic E-state index is 8.81. The molecule has 2 heteroatoms. The number of aryl methyl sites for hydroxylation is 2. The molecular weight excluding hydrogens is 184 g/mol. The van der Waals surface area contributed by atoms with E-state index in [9.17, 15) is 0 Å². The summed E-state index contributed by atoms with van der Waals surface area (Å²) in [5.74, 6) is 0. The van der Waals surface area contributed by atoms with E-state index < -0.39 is 0 Å². The second-order valence-corrected chi connectivity index (χ2v) is 3.64. The average molecular weight is 196 g/mol. The van der Waals surface area contributed by atoms with Gasteiger partial charge in [-0.3, -0.25) is 0 Å². The molecule has 0 amide bonds. The first-order valence-corrected chi connectivity index (χ1v) is 5.05. The number of rotatable bonds is 1. The van der Waals surface area contributed by atoms with Gasteiger partial charge in [0.05, 0.1) is 5.52 Å². The summed E-state index contributed by atoms with van der Waals surface area (Å²) in [6, 6.07) is 10.1. The van der Waals surface area contributed by atoms with Gasteiger partial charge in [-0.05, 0) is 42.7 Å². The van der Waals surface area contributed by atoms with Gasteiger partial charge >= 0.3 is 0 Å². The van der Waals surface area contributed by atoms with E-state index in [1.165, 1.54) is 5.56 Å². The monoisotopic (exact) mass is 196 g/mol. The predicted octanol–water partition coefficient (Wildman–Crippen LogP) is 2.98. The molecule has 1 aromatic heterocycles. The van der Waals surface area contributed by atoms with Crippen LogP contribution in [0.15, 0.2) is 24.3 Å². The van der Waals surface area contributed by atoms with Crippen molar-refractivity contribution >= 4 is 10.9 Å². The Bertz CT molecular complexity index is 550. The van der Waals surface area contributed by atoms with Gasteiger partial charge in [0.2, 0.25) is 0 Å². The van der Waals surface area contributed by atoms with Crippen molar-refractivity contribution in [2.45, 2.75) is 20.3 Å². The van der Waals surface area contributed by atoms with Crippen LogP contribution in [0.1, 0.15) is 23.7 Å². The molecule has 0 aliphatic carbocycles. The van der Waals surface area contributed by atoms with Crippen molar-refractivity contribution in [3.8, 4) is 6.07 Å². The molecule has 15 heavy (non-hydrogen) atoms. The van der Waals surface area contributed by atoms with E-state index in [2.05, 4.69) is 30.1 Å². The van der Waals surface area contributed by atoms with Crippen LogP contribution in [0.5, 0.6) is 0 Å². The summed E-state index contributed by atoms with van der Waals surface area (Å²) in [5.41, 5.74) is 3.82. The Kier molecular flexibility index (Phi) is 2.39. The van der Waals surface area contributed by atoms with E-state index in [1.807, 2.05) is 19.1 Å². The van der Waals surface area contributed by atoms with Gasteiger partial charge in [-0.2, -0.15) is 5.26 Å². The lowest BCUT2D eigenvalue weighted by Gasteiger charge is -2.04. The van der Waals surface area contributed by atoms with Crippen molar-refractivity contribution in [1.29, 1.82) is 5.26 Å². The summed E-state index contributed by atoms with van der Waals surface area (Å²) in [4.78, 5) is 4.27. The Hall–Kier alpha value is -1.88. The van der Waals surface area contributed by atoms with E-state index in [1.54, 1.807) is 0 Å². The fourth-order valence-corrected chi connectivity index (χ4v) is 1.72. The Balaban J connectivity index is 2.75. The minimum atomic E-state index is 0.490. The van der Waals surface area contributed by atoms with Crippen LogP contribution >= 0.6 is 0 Å². The zero-order valence-corrected chi connectivity index (χ0v) is 8.91. The molecule has 0 radical (unpaired) electrons. The molecule has 0 spiro atoms. The lowest BCUT2D eigenvalue weighted by atomic mass is 10.0.